The van der Waals surface area contributed by atoms with Gasteiger partial charge in [-0.1, -0.05) is 0 Å². The summed E-state index contributed by atoms with van der Waals surface area (Å²) >= 11 is 0. The normalized spacial score (nSPS) is 6.10. The van der Waals surface area contributed by atoms with E-state index in [9.17, 15) is 4.79 Å². The van der Waals surface area contributed by atoms with Crippen molar-refractivity contribution in [1.29, 1.82) is 0 Å². The van der Waals surface area contributed by atoms with E-state index in [2.05, 4.69) is 5.73 Å². The van der Waals surface area contributed by atoms with Gasteiger partial charge in [0.15, 0.2) is 0 Å². The van der Waals surface area contributed by atoms with Gasteiger partial charge in [-0.2, -0.15) is 0 Å². The second-order valence-corrected chi connectivity index (χ2v) is 0.821. The Kier molecular flexibility index (Phi) is 18.1. The van der Waals surface area contributed by atoms with Gasteiger partial charge < -0.3 is 26.2 Å². The predicted molar refractivity (Wildman–Crippen MR) is 27.1 cm³/mol. The zero-order chi connectivity index (χ0) is 7.86. The number of carboxylic acids is 1. The molecule has 0 aromatic carbocycles. The fraction of sp³-hybridized carbons (Fsp3) is 0.500. The average molecular weight is 245 g/mol. The van der Waals surface area contributed by atoms with Crippen molar-refractivity contribution in [3.63, 3.8) is 0 Å². The molecule has 8 heteroatoms. The minimum absolute atomic E-state index is 0. The molecule has 0 amide bonds. The molecular formula is C2H5AgN2O5. The van der Waals surface area contributed by atoms with E-state index >= 15 is 0 Å². The van der Waals surface area contributed by atoms with Gasteiger partial charge in [0, 0.05) is 0 Å². The van der Waals surface area contributed by atoms with Crippen LogP contribution in [0.1, 0.15) is 0 Å². The molecule has 0 aliphatic heterocycles. The van der Waals surface area contributed by atoms with Crippen molar-refractivity contribution >= 4 is 5.97 Å². The van der Waals surface area contributed by atoms with Crippen molar-refractivity contribution in [3.05, 3.63) is 15.3 Å². The SMILES string of the molecule is NCC(=O)O.O=[N+]([O-])[O-].[Ag+]. The minimum Gasteiger partial charge on any atom is -0.480 e. The van der Waals surface area contributed by atoms with E-state index in [1.807, 2.05) is 0 Å². The molecule has 0 rings (SSSR count). The molecule has 0 saturated heterocycles. The maximum atomic E-state index is 9.24. The van der Waals surface area contributed by atoms with Gasteiger partial charge in [0.05, 0.1) is 11.6 Å². The molecule has 10 heavy (non-hydrogen) atoms. The Morgan fingerprint density at radius 1 is 1.60 bits per heavy atom. The van der Waals surface area contributed by atoms with E-state index in [1.165, 1.54) is 0 Å². The number of hydrogen-bond donors (Lipinski definition) is 2. The van der Waals surface area contributed by atoms with Gasteiger partial charge in [0.2, 0.25) is 0 Å². The summed E-state index contributed by atoms with van der Waals surface area (Å²) in [4.78, 5) is 17.5. The van der Waals surface area contributed by atoms with Gasteiger partial charge in [-0.15, -0.1) is 0 Å². The van der Waals surface area contributed by atoms with Gasteiger partial charge in [-0.3, -0.25) is 4.79 Å². The van der Waals surface area contributed by atoms with Crippen LogP contribution in [0.4, 0.5) is 0 Å². The molecule has 0 aliphatic rings. The Morgan fingerprint density at radius 2 is 1.70 bits per heavy atom. The summed E-state index contributed by atoms with van der Waals surface area (Å²) in [6.45, 7) is -0.278. The molecule has 0 heterocycles. The van der Waals surface area contributed by atoms with Crippen LogP contribution >= 0.6 is 0 Å². The maximum absolute atomic E-state index is 9.24. The molecule has 0 unspecified atom stereocenters. The van der Waals surface area contributed by atoms with Crippen LogP contribution in [0.15, 0.2) is 0 Å². The summed E-state index contributed by atoms with van der Waals surface area (Å²) < 4.78 is 0. The van der Waals surface area contributed by atoms with Gasteiger partial charge >= 0.3 is 28.3 Å². The Hall–Kier alpha value is -0.630. The van der Waals surface area contributed by atoms with Gasteiger partial charge in [0.1, 0.15) is 0 Å². The summed E-state index contributed by atoms with van der Waals surface area (Å²) in [5.41, 5.74) is 4.57. The zero-order valence-corrected chi connectivity index (χ0v) is 6.10. The van der Waals surface area contributed by atoms with Crippen molar-refractivity contribution in [2.24, 2.45) is 5.73 Å². The Balaban J connectivity index is -0.0000000910. The summed E-state index contributed by atoms with van der Waals surface area (Å²) in [5.74, 6) is -0.968. The largest absolute Gasteiger partial charge is 1.00 e. The first-order chi connectivity index (χ1) is 4.00. The quantitative estimate of drug-likeness (QED) is 0.338. The monoisotopic (exact) mass is 244 g/mol. The fourth-order valence-corrected chi connectivity index (χ4v) is 0. The number of nitrogens with two attached hydrogens (primary N) is 1. The molecule has 0 spiro atoms. The average Bonchev–Trinajstić information content (AvgIpc) is 1.65. The van der Waals surface area contributed by atoms with Crippen molar-refractivity contribution in [3.8, 4) is 0 Å². The second kappa shape index (κ2) is 11.2. The van der Waals surface area contributed by atoms with Crippen LogP contribution in [0, 0.1) is 15.3 Å². The van der Waals surface area contributed by atoms with Crippen LogP contribution in [0.25, 0.3) is 0 Å². The van der Waals surface area contributed by atoms with Gasteiger partial charge in [-0.05, 0) is 0 Å². The van der Waals surface area contributed by atoms with Crippen LogP contribution < -0.4 is 5.73 Å². The summed E-state index contributed by atoms with van der Waals surface area (Å²) in [7, 11) is 0. The van der Waals surface area contributed by atoms with Crippen LogP contribution in [0.2, 0.25) is 0 Å². The second-order valence-electron chi connectivity index (χ2n) is 0.821. The standard InChI is InChI=1S/C2H5NO2.Ag.NO3/c3-1-2(4)5;;2-1(3)4/h1,3H2,(H,4,5);;/q;+1;-1. The molecule has 0 saturated carbocycles. The molecule has 0 atom stereocenters. The third-order valence-electron chi connectivity index (χ3n) is 0.175. The minimum atomic E-state index is -1.75. The molecule has 7 nitrogen and oxygen atoms in total. The number of nitrogens with zero attached hydrogens (tertiary/aromatic N) is 1. The third kappa shape index (κ3) is 159. The van der Waals surface area contributed by atoms with Crippen molar-refractivity contribution in [2.75, 3.05) is 6.54 Å². The van der Waals surface area contributed by atoms with Crippen LogP contribution in [0.3, 0.4) is 0 Å². The van der Waals surface area contributed by atoms with E-state index in [4.69, 9.17) is 20.4 Å². The van der Waals surface area contributed by atoms with Crippen LogP contribution in [-0.4, -0.2) is 22.7 Å². The molecule has 0 radical (unpaired) electrons. The van der Waals surface area contributed by atoms with Crippen molar-refractivity contribution in [1.82, 2.24) is 0 Å². The number of rotatable bonds is 1. The van der Waals surface area contributed by atoms with E-state index < -0.39 is 11.1 Å². The molecule has 0 aliphatic carbocycles. The molecule has 3 N–H and O–H groups in total. The first-order valence-electron chi connectivity index (χ1n) is 1.74. The van der Waals surface area contributed by atoms with E-state index in [0.29, 0.717) is 0 Å². The van der Waals surface area contributed by atoms with Crippen molar-refractivity contribution < 1.29 is 37.4 Å². The Bertz CT molecular complexity index is 102. The molecule has 64 valence electrons. The van der Waals surface area contributed by atoms with Gasteiger partial charge in [0.25, 0.3) is 0 Å². The summed E-state index contributed by atoms with van der Waals surface area (Å²) in [6.07, 6.45) is 0. The molecule has 0 aromatic heterocycles. The molecule has 0 bridgehead atoms. The fourth-order valence-electron chi connectivity index (χ4n) is 0. The van der Waals surface area contributed by atoms with E-state index in [0.717, 1.165) is 0 Å². The summed E-state index contributed by atoms with van der Waals surface area (Å²) in [6, 6.07) is 0. The van der Waals surface area contributed by atoms with E-state index in [-0.39, 0.29) is 28.9 Å². The first-order valence-corrected chi connectivity index (χ1v) is 1.74. The molecular weight excluding hydrogens is 240 g/mol. The van der Waals surface area contributed by atoms with E-state index in [1.54, 1.807) is 0 Å². The van der Waals surface area contributed by atoms with Crippen LogP contribution in [-0.2, 0) is 27.2 Å². The molecule has 0 fully saturated rings. The number of carbonyl (C=O) groups is 1. The van der Waals surface area contributed by atoms with Crippen LogP contribution in [0.5, 0.6) is 0 Å². The zero-order valence-electron chi connectivity index (χ0n) is 4.61. The topological polar surface area (TPSA) is 130 Å². The maximum Gasteiger partial charge on any atom is 1.00 e. The van der Waals surface area contributed by atoms with Crippen molar-refractivity contribution in [2.45, 2.75) is 0 Å². The third-order valence-corrected chi connectivity index (χ3v) is 0.175. The first kappa shape index (κ1) is 16.2. The number of carboxylic acid groups (broad SMARTS) is 1. The predicted octanol–water partition coefficient (Wildman–Crippen LogP) is -1.21. The summed E-state index contributed by atoms with van der Waals surface area (Å²) in [5, 5.41) is 22.3. The van der Waals surface area contributed by atoms with Gasteiger partial charge in [-0.25, -0.2) is 0 Å². The molecule has 0 aromatic rings. The smallest absolute Gasteiger partial charge is 0.480 e. The number of hydrogen-bond acceptors (Lipinski definition) is 5. The Labute approximate surface area is 71.4 Å². The number of aliphatic carboxylic acids is 1. The Morgan fingerprint density at radius 3 is 1.70 bits per heavy atom.